The number of nitrogens with zero attached hydrogens (tertiary/aromatic N) is 2. The van der Waals surface area contributed by atoms with Gasteiger partial charge in [-0.1, -0.05) is 12.1 Å². The maximum atomic E-state index is 4.56. The first kappa shape index (κ1) is 13.8. The second-order valence-electron chi connectivity index (χ2n) is 5.61. The first-order chi connectivity index (χ1) is 9.72. The highest BCUT2D eigenvalue weighted by Gasteiger charge is 2.15. The molecule has 4 heteroatoms. The third-order valence-corrected chi connectivity index (χ3v) is 4.42. The van der Waals surface area contributed by atoms with E-state index in [2.05, 4.69) is 62.4 Å². The number of pyridine rings is 1. The fourth-order valence-corrected chi connectivity index (χ4v) is 3.20. The summed E-state index contributed by atoms with van der Waals surface area (Å²) in [6.07, 6.45) is 5.56. The summed E-state index contributed by atoms with van der Waals surface area (Å²) in [5, 5.41) is 4.88. The summed E-state index contributed by atoms with van der Waals surface area (Å²) < 4.78 is 1.03. The number of halogens is 1. The minimum atomic E-state index is 0.552. The normalized spacial score (nSPS) is 20.8. The van der Waals surface area contributed by atoms with Gasteiger partial charge in [0.15, 0.2) is 0 Å². The van der Waals surface area contributed by atoms with Crippen LogP contribution in [0.25, 0.3) is 10.9 Å². The molecule has 0 bridgehead atoms. The van der Waals surface area contributed by atoms with E-state index in [0.717, 1.165) is 15.7 Å². The summed E-state index contributed by atoms with van der Waals surface area (Å²) in [5.74, 6) is 0. The Kier molecular flexibility index (Phi) is 4.22. The Morgan fingerprint density at radius 3 is 3.10 bits per heavy atom. The van der Waals surface area contributed by atoms with Gasteiger partial charge in [-0.05, 0) is 67.5 Å². The first-order valence-corrected chi connectivity index (χ1v) is 8.01. The number of hydrogen-bond acceptors (Lipinski definition) is 3. The van der Waals surface area contributed by atoms with Crippen molar-refractivity contribution < 1.29 is 0 Å². The standard InChI is InChI=1S/C16H20BrN3/c1-20-8-3-5-14(7-9-20)19-15-6-2-4-12-10-13(17)11-18-16(12)15/h2,4,6,10-11,14,19H,3,5,7-9H2,1H3. The Balaban J connectivity index is 1.83. The molecule has 1 aliphatic rings. The van der Waals surface area contributed by atoms with Gasteiger partial charge in [0.05, 0.1) is 11.2 Å². The summed E-state index contributed by atoms with van der Waals surface area (Å²) in [6.45, 7) is 2.38. The van der Waals surface area contributed by atoms with Gasteiger partial charge in [0.2, 0.25) is 0 Å². The number of nitrogens with one attached hydrogen (secondary N) is 1. The van der Waals surface area contributed by atoms with Crippen LogP contribution in [-0.2, 0) is 0 Å². The van der Waals surface area contributed by atoms with Gasteiger partial charge in [-0.25, -0.2) is 0 Å². The van der Waals surface area contributed by atoms with E-state index >= 15 is 0 Å². The minimum Gasteiger partial charge on any atom is -0.381 e. The smallest absolute Gasteiger partial charge is 0.0934 e. The van der Waals surface area contributed by atoms with Crippen LogP contribution in [0.15, 0.2) is 34.9 Å². The Labute approximate surface area is 128 Å². The fraction of sp³-hybridized carbons (Fsp3) is 0.438. The summed E-state index contributed by atoms with van der Waals surface area (Å²) >= 11 is 3.48. The van der Waals surface area contributed by atoms with Crippen LogP contribution >= 0.6 is 15.9 Å². The molecule has 1 aliphatic heterocycles. The van der Waals surface area contributed by atoms with Crippen LogP contribution in [0.4, 0.5) is 5.69 Å². The van der Waals surface area contributed by atoms with Crippen molar-refractivity contribution in [2.45, 2.75) is 25.3 Å². The van der Waals surface area contributed by atoms with Crippen molar-refractivity contribution in [2.75, 3.05) is 25.5 Å². The van der Waals surface area contributed by atoms with E-state index in [-0.39, 0.29) is 0 Å². The lowest BCUT2D eigenvalue weighted by Gasteiger charge is -2.19. The van der Waals surface area contributed by atoms with E-state index in [1.54, 1.807) is 0 Å². The van der Waals surface area contributed by atoms with Crippen molar-refractivity contribution in [3.8, 4) is 0 Å². The number of para-hydroxylation sites is 1. The van der Waals surface area contributed by atoms with Crippen LogP contribution in [0.5, 0.6) is 0 Å². The van der Waals surface area contributed by atoms with E-state index < -0.39 is 0 Å². The molecule has 1 N–H and O–H groups in total. The van der Waals surface area contributed by atoms with Crippen molar-refractivity contribution in [1.29, 1.82) is 0 Å². The molecule has 1 saturated heterocycles. The van der Waals surface area contributed by atoms with E-state index in [1.165, 1.54) is 37.7 Å². The number of fused-ring (bicyclic) bond motifs is 1. The van der Waals surface area contributed by atoms with Crippen molar-refractivity contribution in [2.24, 2.45) is 0 Å². The van der Waals surface area contributed by atoms with E-state index in [1.807, 2.05) is 6.20 Å². The lowest BCUT2D eigenvalue weighted by atomic mass is 10.1. The molecular weight excluding hydrogens is 314 g/mol. The van der Waals surface area contributed by atoms with Crippen molar-refractivity contribution >= 4 is 32.5 Å². The Hall–Kier alpha value is -1.13. The van der Waals surface area contributed by atoms with Gasteiger partial charge in [0.25, 0.3) is 0 Å². The van der Waals surface area contributed by atoms with Gasteiger partial charge in [0.1, 0.15) is 0 Å². The van der Waals surface area contributed by atoms with Gasteiger partial charge >= 0.3 is 0 Å². The summed E-state index contributed by atoms with van der Waals surface area (Å²) in [7, 11) is 2.21. The van der Waals surface area contributed by atoms with Gasteiger partial charge in [0, 0.05) is 22.1 Å². The van der Waals surface area contributed by atoms with Crippen LogP contribution in [0.2, 0.25) is 0 Å². The maximum Gasteiger partial charge on any atom is 0.0934 e. The molecule has 0 radical (unpaired) electrons. The molecule has 20 heavy (non-hydrogen) atoms. The van der Waals surface area contributed by atoms with Crippen LogP contribution in [0.1, 0.15) is 19.3 Å². The third-order valence-electron chi connectivity index (χ3n) is 3.99. The molecule has 1 aromatic heterocycles. The SMILES string of the molecule is CN1CCCC(Nc2cccc3cc(Br)cnc23)CC1. The van der Waals surface area contributed by atoms with E-state index in [9.17, 15) is 0 Å². The Morgan fingerprint density at radius 1 is 1.30 bits per heavy atom. The molecule has 2 aromatic rings. The third kappa shape index (κ3) is 3.13. The minimum absolute atomic E-state index is 0.552. The topological polar surface area (TPSA) is 28.2 Å². The number of likely N-dealkylation sites (tertiary alicyclic amines) is 1. The Bertz CT molecular complexity index is 599. The van der Waals surface area contributed by atoms with E-state index in [0.29, 0.717) is 6.04 Å². The highest BCUT2D eigenvalue weighted by atomic mass is 79.9. The second kappa shape index (κ2) is 6.10. The largest absolute Gasteiger partial charge is 0.381 e. The number of hydrogen-bond donors (Lipinski definition) is 1. The fourth-order valence-electron chi connectivity index (χ4n) is 2.85. The lowest BCUT2D eigenvalue weighted by molar-refractivity contribution is 0.348. The zero-order valence-corrected chi connectivity index (χ0v) is 13.4. The molecule has 1 unspecified atom stereocenters. The highest BCUT2D eigenvalue weighted by molar-refractivity contribution is 9.10. The molecule has 0 amide bonds. The lowest BCUT2D eigenvalue weighted by Crippen LogP contribution is -2.23. The molecule has 1 aromatic carbocycles. The monoisotopic (exact) mass is 333 g/mol. The molecular formula is C16H20BrN3. The quantitative estimate of drug-likeness (QED) is 0.903. The molecule has 0 aliphatic carbocycles. The predicted molar refractivity (Wildman–Crippen MR) is 88.2 cm³/mol. The number of aromatic nitrogens is 1. The molecule has 2 heterocycles. The first-order valence-electron chi connectivity index (χ1n) is 7.22. The van der Waals surface area contributed by atoms with E-state index in [4.69, 9.17) is 0 Å². The summed E-state index contributed by atoms with van der Waals surface area (Å²) in [5.41, 5.74) is 2.22. The van der Waals surface area contributed by atoms with Crippen molar-refractivity contribution in [3.63, 3.8) is 0 Å². The molecule has 1 atom stereocenters. The Morgan fingerprint density at radius 2 is 2.20 bits per heavy atom. The van der Waals surface area contributed by atoms with Crippen molar-refractivity contribution in [3.05, 3.63) is 34.9 Å². The zero-order chi connectivity index (χ0) is 13.9. The van der Waals surface area contributed by atoms with Crippen LogP contribution < -0.4 is 5.32 Å². The average molecular weight is 334 g/mol. The van der Waals surface area contributed by atoms with Crippen molar-refractivity contribution in [1.82, 2.24) is 9.88 Å². The highest BCUT2D eigenvalue weighted by Crippen LogP contribution is 2.26. The number of benzene rings is 1. The van der Waals surface area contributed by atoms with Gasteiger partial charge in [-0.3, -0.25) is 4.98 Å². The maximum absolute atomic E-state index is 4.56. The van der Waals surface area contributed by atoms with Crippen LogP contribution in [0, 0.1) is 0 Å². The van der Waals surface area contributed by atoms with Crippen LogP contribution in [0.3, 0.4) is 0 Å². The van der Waals surface area contributed by atoms with Gasteiger partial charge < -0.3 is 10.2 Å². The number of anilines is 1. The molecule has 0 saturated carbocycles. The van der Waals surface area contributed by atoms with Gasteiger partial charge in [-0.15, -0.1) is 0 Å². The molecule has 3 rings (SSSR count). The average Bonchev–Trinajstić information content (AvgIpc) is 2.64. The molecule has 1 fully saturated rings. The summed E-state index contributed by atoms with van der Waals surface area (Å²) in [6, 6.07) is 9.02. The molecule has 106 valence electrons. The number of rotatable bonds is 2. The predicted octanol–water partition coefficient (Wildman–Crippen LogP) is 3.89. The van der Waals surface area contributed by atoms with Crippen LogP contribution in [-0.4, -0.2) is 36.1 Å². The molecule has 0 spiro atoms. The zero-order valence-electron chi connectivity index (χ0n) is 11.8. The second-order valence-corrected chi connectivity index (χ2v) is 6.52. The molecule has 3 nitrogen and oxygen atoms in total. The van der Waals surface area contributed by atoms with Gasteiger partial charge in [-0.2, -0.15) is 0 Å². The summed E-state index contributed by atoms with van der Waals surface area (Å²) in [4.78, 5) is 6.98.